The summed E-state index contributed by atoms with van der Waals surface area (Å²) in [7, 11) is 1.96. The normalized spacial score (nSPS) is 12.5. The Morgan fingerprint density at radius 3 is 2.80 bits per heavy atom. The van der Waals surface area contributed by atoms with Crippen LogP contribution in [0.25, 0.3) is 0 Å². The Morgan fingerprint density at radius 1 is 1.53 bits per heavy atom. The summed E-state index contributed by atoms with van der Waals surface area (Å²) in [6.07, 6.45) is 2.56. The van der Waals surface area contributed by atoms with Gasteiger partial charge in [0.05, 0.1) is 0 Å². The molecule has 1 unspecified atom stereocenters. The zero-order valence-corrected chi connectivity index (χ0v) is 10.1. The van der Waals surface area contributed by atoms with Crippen LogP contribution in [0.3, 0.4) is 0 Å². The molecule has 84 valence electrons. The van der Waals surface area contributed by atoms with E-state index in [1.165, 1.54) is 6.33 Å². The van der Waals surface area contributed by atoms with Gasteiger partial charge in [-0.25, -0.2) is 9.97 Å². The molecule has 0 amide bonds. The Morgan fingerprint density at radius 2 is 2.20 bits per heavy atom. The predicted octanol–water partition coefficient (Wildman–Crippen LogP) is 2.19. The van der Waals surface area contributed by atoms with Crippen molar-refractivity contribution in [1.82, 2.24) is 9.97 Å². The van der Waals surface area contributed by atoms with Crippen LogP contribution in [-0.2, 0) is 0 Å². The summed E-state index contributed by atoms with van der Waals surface area (Å²) < 4.78 is 0. The molecule has 15 heavy (non-hydrogen) atoms. The first-order valence-electron chi connectivity index (χ1n) is 5.03. The van der Waals surface area contributed by atoms with Gasteiger partial charge in [0.1, 0.15) is 12.0 Å². The summed E-state index contributed by atoms with van der Waals surface area (Å²) in [5.74, 6) is 1.30. The van der Waals surface area contributed by atoms with Gasteiger partial charge < -0.3 is 10.6 Å². The fourth-order valence-corrected chi connectivity index (χ4v) is 1.48. The Labute approximate surface area is 95.5 Å². The summed E-state index contributed by atoms with van der Waals surface area (Å²) in [5.41, 5.74) is 6.25. The van der Waals surface area contributed by atoms with Crippen molar-refractivity contribution in [1.29, 1.82) is 0 Å². The lowest BCUT2D eigenvalue weighted by Crippen LogP contribution is -2.25. The molecule has 1 atom stereocenters. The molecule has 0 aliphatic rings. The lowest BCUT2D eigenvalue weighted by Gasteiger charge is -2.22. The molecule has 1 rings (SSSR count). The Hall–Kier alpha value is -1.03. The van der Waals surface area contributed by atoms with Crippen LogP contribution in [0.1, 0.15) is 20.3 Å². The molecule has 0 aromatic carbocycles. The minimum atomic E-state index is 0.316. The molecule has 5 heteroatoms. The average molecular weight is 229 g/mol. The van der Waals surface area contributed by atoms with E-state index in [1.54, 1.807) is 0 Å². The maximum Gasteiger partial charge on any atom is 0.157 e. The van der Waals surface area contributed by atoms with Crippen LogP contribution in [-0.4, -0.2) is 23.6 Å². The molecule has 0 radical (unpaired) electrons. The fraction of sp³-hybridized carbons (Fsp3) is 0.600. The quantitative estimate of drug-likeness (QED) is 0.803. The summed E-state index contributed by atoms with van der Waals surface area (Å²) in [6.45, 7) is 5.26. The van der Waals surface area contributed by atoms with Crippen molar-refractivity contribution in [2.75, 3.05) is 24.2 Å². The second kappa shape index (κ2) is 5.16. The number of halogens is 1. The first kappa shape index (κ1) is 12.0. The molecule has 1 aromatic rings. The number of nitrogens with two attached hydrogens (primary N) is 1. The van der Waals surface area contributed by atoms with Crippen LogP contribution in [0.2, 0.25) is 5.15 Å². The smallest absolute Gasteiger partial charge is 0.157 e. The molecule has 0 saturated heterocycles. The maximum absolute atomic E-state index is 5.83. The van der Waals surface area contributed by atoms with Gasteiger partial charge in [-0.2, -0.15) is 0 Å². The van der Waals surface area contributed by atoms with Gasteiger partial charge in [0.25, 0.3) is 0 Å². The number of nitrogen functional groups attached to an aromatic ring is 1. The fourth-order valence-electron chi connectivity index (χ4n) is 1.35. The summed E-state index contributed by atoms with van der Waals surface area (Å²) in [6, 6.07) is 0. The first-order chi connectivity index (χ1) is 7.06. The molecule has 2 N–H and O–H groups in total. The highest BCUT2D eigenvalue weighted by atomic mass is 35.5. The molecular weight excluding hydrogens is 212 g/mol. The van der Waals surface area contributed by atoms with Crippen LogP contribution >= 0.6 is 11.6 Å². The Bertz CT molecular complexity index is 329. The van der Waals surface area contributed by atoms with E-state index in [-0.39, 0.29) is 0 Å². The molecule has 0 spiro atoms. The van der Waals surface area contributed by atoms with E-state index in [1.807, 2.05) is 11.9 Å². The highest BCUT2D eigenvalue weighted by molar-refractivity contribution is 6.32. The monoisotopic (exact) mass is 228 g/mol. The van der Waals surface area contributed by atoms with Gasteiger partial charge in [-0.05, 0) is 5.92 Å². The van der Waals surface area contributed by atoms with Crippen LogP contribution < -0.4 is 10.6 Å². The van der Waals surface area contributed by atoms with Crippen LogP contribution in [0.15, 0.2) is 6.33 Å². The van der Waals surface area contributed by atoms with Crippen molar-refractivity contribution < 1.29 is 0 Å². The Kier molecular flexibility index (Phi) is 4.15. The van der Waals surface area contributed by atoms with Gasteiger partial charge in [0, 0.05) is 13.6 Å². The number of aromatic nitrogens is 2. The van der Waals surface area contributed by atoms with Gasteiger partial charge in [0.2, 0.25) is 0 Å². The number of anilines is 2. The van der Waals surface area contributed by atoms with Gasteiger partial charge in [-0.3, -0.25) is 0 Å². The van der Waals surface area contributed by atoms with Crippen LogP contribution in [0, 0.1) is 5.92 Å². The molecule has 0 aliphatic heterocycles. The zero-order chi connectivity index (χ0) is 11.4. The van der Waals surface area contributed by atoms with Gasteiger partial charge in [-0.15, -0.1) is 0 Å². The molecule has 0 saturated carbocycles. The summed E-state index contributed by atoms with van der Waals surface area (Å²) in [4.78, 5) is 9.97. The second-order valence-corrected chi connectivity index (χ2v) is 4.15. The number of rotatable bonds is 4. The zero-order valence-electron chi connectivity index (χ0n) is 9.37. The molecule has 0 fully saturated rings. The Balaban J connectivity index is 2.82. The van der Waals surface area contributed by atoms with Crippen LogP contribution in [0.4, 0.5) is 11.5 Å². The van der Waals surface area contributed by atoms with E-state index < -0.39 is 0 Å². The predicted molar refractivity (Wildman–Crippen MR) is 64.2 cm³/mol. The van der Waals surface area contributed by atoms with Crippen LogP contribution in [0.5, 0.6) is 0 Å². The highest BCUT2D eigenvalue weighted by Crippen LogP contribution is 2.25. The standard InChI is InChI=1S/C10H17ClN4/c1-4-7(2)5-15(3)10-8(12)9(11)13-6-14-10/h6-7H,4-5,12H2,1-3H3. The molecule has 1 heterocycles. The van der Waals surface area contributed by atoms with Crippen molar-refractivity contribution in [2.45, 2.75) is 20.3 Å². The lowest BCUT2D eigenvalue weighted by molar-refractivity contribution is 0.558. The van der Waals surface area contributed by atoms with E-state index in [2.05, 4.69) is 23.8 Å². The lowest BCUT2D eigenvalue weighted by atomic mass is 10.1. The van der Waals surface area contributed by atoms with E-state index in [9.17, 15) is 0 Å². The topological polar surface area (TPSA) is 55.0 Å². The maximum atomic E-state index is 5.83. The summed E-state index contributed by atoms with van der Waals surface area (Å²) >= 11 is 5.83. The molecule has 0 bridgehead atoms. The third-order valence-electron chi connectivity index (χ3n) is 2.46. The van der Waals surface area contributed by atoms with Gasteiger partial charge in [0.15, 0.2) is 11.0 Å². The third kappa shape index (κ3) is 2.96. The minimum absolute atomic E-state index is 0.316. The molecule has 1 aromatic heterocycles. The van der Waals surface area contributed by atoms with Crippen molar-refractivity contribution in [3.05, 3.63) is 11.5 Å². The highest BCUT2D eigenvalue weighted by Gasteiger charge is 2.12. The van der Waals surface area contributed by atoms with E-state index in [0.29, 0.717) is 22.6 Å². The van der Waals surface area contributed by atoms with Gasteiger partial charge >= 0.3 is 0 Å². The third-order valence-corrected chi connectivity index (χ3v) is 2.76. The number of hydrogen-bond acceptors (Lipinski definition) is 4. The van der Waals surface area contributed by atoms with Crippen molar-refractivity contribution >= 4 is 23.1 Å². The van der Waals surface area contributed by atoms with E-state index in [4.69, 9.17) is 17.3 Å². The molecule has 4 nitrogen and oxygen atoms in total. The van der Waals surface area contributed by atoms with E-state index in [0.717, 1.165) is 13.0 Å². The first-order valence-corrected chi connectivity index (χ1v) is 5.41. The second-order valence-electron chi connectivity index (χ2n) is 3.80. The average Bonchev–Trinajstić information content (AvgIpc) is 2.21. The van der Waals surface area contributed by atoms with Crippen molar-refractivity contribution in [2.24, 2.45) is 5.92 Å². The van der Waals surface area contributed by atoms with E-state index >= 15 is 0 Å². The molecular formula is C10H17ClN4. The van der Waals surface area contributed by atoms with Crippen molar-refractivity contribution in [3.63, 3.8) is 0 Å². The molecule has 0 aliphatic carbocycles. The number of nitrogens with zero attached hydrogens (tertiary/aromatic N) is 3. The SMILES string of the molecule is CCC(C)CN(C)c1ncnc(Cl)c1N. The summed E-state index contributed by atoms with van der Waals surface area (Å²) in [5, 5.41) is 0.316. The van der Waals surface area contributed by atoms with Crippen molar-refractivity contribution in [3.8, 4) is 0 Å². The number of hydrogen-bond donors (Lipinski definition) is 1. The largest absolute Gasteiger partial charge is 0.393 e. The minimum Gasteiger partial charge on any atom is -0.393 e. The van der Waals surface area contributed by atoms with Gasteiger partial charge in [-0.1, -0.05) is 31.9 Å².